The molecule has 0 aliphatic heterocycles. The fraction of sp³-hybridized carbons (Fsp3) is 0.381. The number of amides is 2. The molecule has 0 saturated heterocycles. The molecule has 1 heterocycles. The Morgan fingerprint density at radius 3 is 2.79 bits per heavy atom. The van der Waals surface area contributed by atoms with Crippen LogP contribution in [0.2, 0.25) is 0 Å². The van der Waals surface area contributed by atoms with Crippen molar-refractivity contribution < 1.29 is 18.3 Å². The average molecular weight is 391 g/mol. The lowest BCUT2D eigenvalue weighted by Crippen LogP contribution is -2.45. The van der Waals surface area contributed by atoms with Crippen LogP contribution in [0.15, 0.2) is 36.5 Å². The molecule has 1 atom stereocenters. The highest BCUT2D eigenvalue weighted by atomic mass is 19.1. The zero-order chi connectivity index (χ0) is 20.1. The van der Waals surface area contributed by atoms with Crippen LogP contribution in [-0.4, -0.2) is 22.8 Å². The third-order valence-electron chi connectivity index (χ3n) is 5.09. The van der Waals surface area contributed by atoms with Crippen molar-refractivity contribution >= 4 is 23.2 Å². The maximum Gasteiger partial charge on any atom is 0.252 e. The number of primary amides is 1. The molecule has 7 heteroatoms. The lowest BCUT2D eigenvalue weighted by atomic mass is 9.97. The van der Waals surface area contributed by atoms with Crippen molar-refractivity contribution in [3.8, 4) is 0 Å². The van der Waals surface area contributed by atoms with E-state index in [4.69, 9.17) is 5.73 Å². The first-order chi connectivity index (χ1) is 13.4. The van der Waals surface area contributed by atoms with Gasteiger partial charge in [0.15, 0.2) is 5.82 Å². The molecular weight excluding hydrogens is 359 g/mol. The molecule has 1 aliphatic rings. The summed E-state index contributed by atoms with van der Waals surface area (Å²) in [6, 6.07) is 7.58. The molecule has 3 rings (SSSR count). The molecule has 2 aromatic rings. The van der Waals surface area contributed by atoms with E-state index in [1.54, 1.807) is 37.3 Å². The smallest absolute Gasteiger partial charge is 0.252 e. The van der Waals surface area contributed by atoms with Crippen LogP contribution in [0, 0.1) is 18.7 Å². The second-order valence-corrected chi connectivity index (χ2v) is 7.33. The quantitative estimate of drug-likeness (QED) is 0.661. The lowest BCUT2D eigenvalue weighted by Gasteiger charge is -2.19. The van der Waals surface area contributed by atoms with E-state index in [2.05, 4.69) is 15.6 Å². The Balaban J connectivity index is 0.00000300. The number of benzene rings is 1. The number of pyridine rings is 1. The van der Waals surface area contributed by atoms with Crippen molar-refractivity contribution in [2.75, 3.05) is 5.32 Å². The maximum atomic E-state index is 13.9. The predicted octanol–water partition coefficient (Wildman–Crippen LogP) is 4.17. The number of rotatable bonds is 7. The Morgan fingerprint density at radius 1 is 1.32 bits per heavy atom. The topological polar surface area (TPSA) is 97.1 Å². The van der Waals surface area contributed by atoms with Crippen LogP contribution in [0.25, 0.3) is 0 Å². The van der Waals surface area contributed by atoms with Crippen molar-refractivity contribution in [2.24, 2.45) is 11.7 Å². The lowest BCUT2D eigenvalue weighted by molar-refractivity contribution is -0.120. The molecule has 154 valence electrons. The minimum Gasteiger partial charge on any atom is -0.368 e. The van der Waals surface area contributed by atoms with Crippen LogP contribution in [-0.2, 0) is 4.79 Å². The molecule has 1 aromatic carbocycles. The zero-order valence-corrected chi connectivity index (χ0v) is 15.9. The highest BCUT2D eigenvalue weighted by Gasteiger charge is 2.25. The number of nitrogens with zero attached hydrogens (tertiary/aromatic N) is 1. The Kier molecular flexibility index (Phi) is 6.23. The maximum absolute atomic E-state index is 13.9. The molecule has 0 radical (unpaired) electrons. The molecule has 0 spiro atoms. The fourth-order valence-electron chi connectivity index (χ4n) is 3.60. The van der Waals surface area contributed by atoms with E-state index in [9.17, 15) is 14.0 Å². The summed E-state index contributed by atoms with van der Waals surface area (Å²) in [6.07, 6.45) is 6.16. The number of nitrogens with one attached hydrogen (secondary N) is 2. The second kappa shape index (κ2) is 8.82. The monoisotopic (exact) mass is 390 g/mol. The highest BCUT2D eigenvalue weighted by molar-refractivity contribution is 5.98. The van der Waals surface area contributed by atoms with Gasteiger partial charge in [-0.05, 0) is 43.5 Å². The fourth-order valence-corrected chi connectivity index (χ4v) is 3.60. The van der Waals surface area contributed by atoms with Crippen LogP contribution < -0.4 is 16.4 Å². The number of aromatic nitrogens is 1. The van der Waals surface area contributed by atoms with E-state index in [-0.39, 0.29) is 15.9 Å². The van der Waals surface area contributed by atoms with E-state index in [0.717, 1.165) is 31.9 Å². The van der Waals surface area contributed by atoms with Gasteiger partial charge < -0.3 is 16.4 Å². The first-order valence-corrected chi connectivity index (χ1v) is 9.52. The summed E-state index contributed by atoms with van der Waals surface area (Å²) < 4.78 is 13.9. The van der Waals surface area contributed by atoms with Gasteiger partial charge >= 0.3 is 0 Å². The highest BCUT2D eigenvalue weighted by Crippen LogP contribution is 2.28. The van der Waals surface area contributed by atoms with E-state index in [0.29, 0.717) is 29.3 Å². The van der Waals surface area contributed by atoms with Gasteiger partial charge in [0.05, 0.1) is 11.9 Å². The number of halogens is 1. The van der Waals surface area contributed by atoms with Gasteiger partial charge in [-0.15, -0.1) is 0 Å². The number of nitrogens with two attached hydrogens (primary N) is 1. The summed E-state index contributed by atoms with van der Waals surface area (Å²) in [6.45, 7) is 1.77. The molecule has 28 heavy (non-hydrogen) atoms. The number of carbonyl (C=O) groups is 2. The van der Waals surface area contributed by atoms with Crippen molar-refractivity contribution in [3.05, 3.63) is 53.6 Å². The Labute approximate surface area is 168 Å². The van der Waals surface area contributed by atoms with Gasteiger partial charge in [-0.25, -0.2) is 4.39 Å². The van der Waals surface area contributed by atoms with E-state index in [1.807, 2.05) is 0 Å². The molecule has 2 amide bonds. The van der Waals surface area contributed by atoms with Gasteiger partial charge in [-0.1, -0.05) is 31.7 Å². The van der Waals surface area contributed by atoms with Crippen LogP contribution in [0.1, 0.15) is 52.4 Å². The van der Waals surface area contributed by atoms with Crippen LogP contribution in [0.4, 0.5) is 15.8 Å². The van der Waals surface area contributed by atoms with Crippen LogP contribution >= 0.6 is 0 Å². The van der Waals surface area contributed by atoms with Crippen molar-refractivity contribution in [2.45, 2.75) is 45.1 Å². The second-order valence-electron chi connectivity index (χ2n) is 7.33. The largest absolute Gasteiger partial charge is 0.368 e. The molecule has 1 saturated carbocycles. The predicted molar refractivity (Wildman–Crippen MR) is 112 cm³/mol. The average Bonchev–Trinajstić information content (AvgIpc) is 3.17. The Bertz CT molecular complexity index is 879. The van der Waals surface area contributed by atoms with Gasteiger partial charge in [0.2, 0.25) is 5.91 Å². The van der Waals surface area contributed by atoms with Gasteiger partial charge in [0.25, 0.3) is 5.91 Å². The van der Waals surface area contributed by atoms with Gasteiger partial charge in [-0.3, -0.25) is 14.6 Å². The summed E-state index contributed by atoms with van der Waals surface area (Å²) in [4.78, 5) is 28.3. The summed E-state index contributed by atoms with van der Waals surface area (Å²) in [5.41, 5.74) is 7.37. The first kappa shape index (κ1) is 19.8. The van der Waals surface area contributed by atoms with Gasteiger partial charge in [0, 0.05) is 21.2 Å². The van der Waals surface area contributed by atoms with Crippen molar-refractivity contribution in [1.29, 1.82) is 0 Å². The Hall–Kier alpha value is -2.96. The van der Waals surface area contributed by atoms with Crippen molar-refractivity contribution in [1.82, 2.24) is 10.3 Å². The minimum atomic E-state index is -0.687. The number of anilines is 2. The molecule has 6 nitrogen and oxygen atoms in total. The normalized spacial score (nSPS) is 15.2. The molecule has 4 N–H and O–H groups in total. The first-order valence-electron chi connectivity index (χ1n) is 9.52. The van der Waals surface area contributed by atoms with Crippen molar-refractivity contribution in [3.63, 3.8) is 0 Å². The number of aryl methyl sites for hydroxylation is 1. The van der Waals surface area contributed by atoms with Crippen LogP contribution in [0.5, 0.6) is 0 Å². The summed E-state index contributed by atoms with van der Waals surface area (Å²) in [5, 5.41) is 5.70. The molecule has 0 bridgehead atoms. The standard InChI is InChI=1S/C21H25FN4O2.3H2/c1-13-9-18(17(22)12-24-13)25-16-8-4-7-15(11-16)21(28)26-19(20(23)27)10-14-5-2-3-6-14;;;/h4,7-9,11-12,14,19H,2-3,5-6,10H2,1H3,(H2,23,27)(H,24,25)(H,26,28);3*1H/t19-;;;/m0.../s1. The van der Waals surface area contributed by atoms with Gasteiger partial charge in [-0.2, -0.15) is 0 Å². The number of hydrogen-bond donors (Lipinski definition) is 3. The molecule has 1 aliphatic carbocycles. The molecule has 1 aromatic heterocycles. The van der Waals surface area contributed by atoms with E-state index < -0.39 is 17.8 Å². The minimum absolute atomic E-state index is 0. The third-order valence-corrected chi connectivity index (χ3v) is 5.09. The summed E-state index contributed by atoms with van der Waals surface area (Å²) in [7, 11) is 0. The molecule has 0 unspecified atom stereocenters. The summed E-state index contributed by atoms with van der Waals surface area (Å²) in [5.74, 6) is -0.963. The molecular formula is C21H31FN4O2. The number of carbonyl (C=O) groups excluding carboxylic acids is 2. The Morgan fingerprint density at radius 2 is 2.07 bits per heavy atom. The van der Waals surface area contributed by atoms with E-state index >= 15 is 0 Å². The summed E-state index contributed by atoms with van der Waals surface area (Å²) >= 11 is 0. The zero-order valence-electron chi connectivity index (χ0n) is 15.9. The van der Waals surface area contributed by atoms with E-state index in [1.165, 1.54) is 0 Å². The SMILES string of the molecule is Cc1cc(Nc2cccc(C(=O)N[C@@H](CC3CCCC3)C(N)=O)c2)c(F)cn1.[HH].[HH].[HH]. The number of hydrogen-bond acceptors (Lipinski definition) is 4. The molecule has 1 fully saturated rings. The van der Waals surface area contributed by atoms with Crippen LogP contribution in [0.3, 0.4) is 0 Å². The third kappa shape index (κ3) is 5.06. The van der Waals surface area contributed by atoms with Gasteiger partial charge in [0.1, 0.15) is 6.04 Å².